The molecule has 0 aromatic carbocycles. The summed E-state index contributed by atoms with van der Waals surface area (Å²) >= 11 is 1.20. The number of esters is 1. The fourth-order valence-electron chi connectivity index (χ4n) is 1.40. The van der Waals surface area contributed by atoms with Crippen molar-refractivity contribution in [3.8, 4) is 0 Å². The first-order chi connectivity index (χ1) is 8.92. The summed E-state index contributed by atoms with van der Waals surface area (Å²) in [4.78, 5) is 33.5. The van der Waals surface area contributed by atoms with E-state index in [9.17, 15) is 14.4 Å². The van der Waals surface area contributed by atoms with Crippen LogP contribution in [0.1, 0.15) is 33.6 Å². The van der Waals surface area contributed by atoms with Gasteiger partial charge >= 0.3 is 11.9 Å². The van der Waals surface area contributed by atoms with Gasteiger partial charge in [-0.25, -0.2) is 4.79 Å². The molecule has 0 aliphatic rings. The summed E-state index contributed by atoms with van der Waals surface area (Å²) in [7, 11) is 0. The maximum atomic E-state index is 11.7. The molecule has 0 heterocycles. The van der Waals surface area contributed by atoms with Crippen LogP contribution in [0.4, 0.5) is 0 Å². The normalized spacial score (nSPS) is 13.4. The van der Waals surface area contributed by atoms with Crippen LogP contribution in [0.25, 0.3) is 0 Å². The van der Waals surface area contributed by atoms with Crippen LogP contribution in [-0.2, 0) is 19.1 Å². The van der Waals surface area contributed by atoms with Crippen molar-refractivity contribution < 1.29 is 24.2 Å². The van der Waals surface area contributed by atoms with Crippen molar-refractivity contribution in [2.24, 2.45) is 0 Å². The summed E-state index contributed by atoms with van der Waals surface area (Å²) in [6, 6.07) is -0.990. The number of carbonyl (C=O) groups is 3. The van der Waals surface area contributed by atoms with E-state index in [1.54, 1.807) is 6.92 Å². The number of hydrogen-bond donors (Lipinski definition) is 2. The number of amides is 1. The molecule has 0 saturated heterocycles. The molecule has 1 amide bonds. The van der Waals surface area contributed by atoms with Crippen LogP contribution in [-0.4, -0.2) is 46.6 Å². The third kappa shape index (κ3) is 7.71. The summed E-state index contributed by atoms with van der Waals surface area (Å²) in [5.74, 6) is -1.71. The van der Waals surface area contributed by atoms with Gasteiger partial charge in [-0.3, -0.25) is 9.59 Å². The Morgan fingerprint density at radius 3 is 2.37 bits per heavy atom. The summed E-state index contributed by atoms with van der Waals surface area (Å²) in [6.07, 6.45) is 1.42. The lowest BCUT2D eigenvalue weighted by atomic mass is 10.2. The number of ether oxygens (including phenoxy) is 1. The lowest BCUT2D eigenvalue weighted by molar-refractivity contribution is -0.143. The average molecular weight is 291 g/mol. The van der Waals surface area contributed by atoms with Crippen LogP contribution in [0.3, 0.4) is 0 Å². The molecule has 110 valence electrons. The van der Waals surface area contributed by atoms with Crippen molar-refractivity contribution in [3.63, 3.8) is 0 Å². The minimum atomic E-state index is -1.11. The molecular weight excluding hydrogens is 270 g/mol. The van der Waals surface area contributed by atoms with E-state index < -0.39 is 17.9 Å². The van der Waals surface area contributed by atoms with E-state index in [0.29, 0.717) is 13.0 Å². The number of nitrogens with one attached hydrogen (secondary N) is 1. The molecule has 0 radical (unpaired) electrons. The smallest absolute Gasteiger partial charge is 0.327 e. The first kappa shape index (κ1) is 17.8. The molecule has 6 nitrogen and oxygen atoms in total. The Bertz CT molecular complexity index is 321. The van der Waals surface area contributed by atoms with Gasteiger partial charge in [-0.1, -0.05) is 13.3 Å². The highest BCUT2D eigenvalue weighted by molar-refractivity contribution is 8.00. The molecule has 0 saturated carbocycles. The molecule has 2 atom stereocenters. The van der Waals surface area contributed by atoms with E-state index in [0.717, 1.165) is 6.42 Å². The number of aliphatic carboxylic acids is 1. The lowest BCUT2D eigenvalue weighted by Gasteiger charge is -2.17. The predicted octanol–water partition coefficient (Wildman–Crippen LogP) is 1.04. The minimum Gasteiger partial charge on any atom is -0.480 e. The van der Waals surface area contributed by atoms with Gasteiger partial charge in [0.25, 0.3) is 0 Å². The quantitative estimate of drug-likeness (QED) is 0.617. The second-order valence-corrected chi connectivity index (χ2v) is 5.19. The van der Waals surface area contributed by atoms with Crippen molar-refractivity contribution in [1.82, 2.24) is 5.32 Å². The van der Waals surface area contributed by atoms with Crippen LogP contribution in [0.5, 0.6) is 0 Å². The van der Waals surface area contributed by atoms with Crippen LogP contribution < -0.4 is 5.32 Å². The van der Waals surface area contributed by atoms with Crippen LogP contribution in [0.2, 0.25) is 0 Å². The Labute approximate surface area is 117 Å². The first-order valence-electron chi connectivity index (χ1n) is 6.20. The summed E-state index contributed by atoms with van der Waals surface area (Å²) in [5.41, 5.74) is 0. The average Bonchev–Trinajstić information content (AvgIpc) is 2.32. The molecule has 2 N–H and O–H groups in total. The third-order valence-corrected chi connectivity index (χ3v) is 3.60. The van der Waals surface area contributed by atoms with E-state index in [-0.39, 0.29) is 17.0 Å². The monoisotopic (exact) mass is 291 g/mol. The number of carboxylic acid groups (broad SMARTS) is 1. The molecule has 19 heavy (non-hydrogen) atoms. The molecule has 0 aliphatic carbocycles. The fourth-order valence-corrected chi connectivity index (χ4v) is 2.66. The van der Waals surface area contributed by atoms with Crippen molar-refractivity contribution in [2.45, 2.75) is 44.9 Å². The Morgan fingerprint density at radius 1 is 1.32 bits per heavy atom. The molecule has 0 fully saturated rings. The molecule has 0 aromatic rings. The number of carboxylic acids is 1. The SMILES string of the molecule is CCCC(SC[C@H](NC(C)=O)C(=O)O)C(=O)OCC. The Morgan fingerprint density at radius 2 is 1.95 bits per heavy atom. The second-order valence-electron chi connectivity index (χ2n) is 3.95. The topological polar surface area (TPSA) is 92.7 Å². The van der Waals surface area contributed by atoms with Gasteiger partial charge in [0.1, 0.15) is 11.3 Å². The zero-order chi connectivity index (χ0) is 14.8. The summed E-state index contributed by atoms with van der Waals surface area (Å²) in [5, 5.41) is 10.9. The number of carbonyl (C=O) groups excluding carboxylic acids is 2. The van der Waals surface area contributed by atoms with Crippen molar-refractivity contribution in [1.29, 1.82) is 0 Å². The predicted molar refractivity (Wildman–Crippen MR) is 73.0 cm³/mol. The zero-order valence-electron chi connectivity index (χ0n) is 11.5. The lowest BCUT2D eigenvalue weighted by Crippen LogP contribution is -2.42. The van der Waals surface area contributed by atoms with E-state index in [1.165, 1.54) is 18.7 Å². The maximum Gasteiger partial charge on any atom is 0.327 e. The van der Waals surface area contributed by atoms with Crippen molar-refractivity contribution in [3.05, 3.63) is 0 Å². The highest BCUT2D eigenvalue weighted by Gasteiger charge is 2.24. The van der Waals surface area contributed by atoms with E-state index in [4.69, 9.17) is 9.84 Å². The van der Waals surface area contributed by atoms with Gasteiger partial charge in [-0.05, 0) is 13.3 Å². The summed E-state index contributed by atoms with van der Waals surface area (Å²) in [6.45, 7) is 5.22. The van der Waals surface area contributed by atoms with Gasteiger partial charge in [0, 0.05) is 12.7 Å². The largest absolute Gasteiger partial charge is 0.480 e. The molecule has 0 bridgehead atoms. The summed E-state index contributed by atoms with van der Waals surface area (Å²) < 4.78 is 4.94. The first-order valence-corrected chi connectivity index (χ1v) is 7.25. The van der Waals surface area contributed by atoms with Gasteiger partial charge in [0.05, 0.1) is 6.61 Å². The van der Waals surface area contributed by atoms with Crippen molar-refractivity contribution in [2.75, 3.05) is 12.4 Å². The van der Waals surface area contributed by atoms with E-state index in [2.05, 4.69) is 5.32 Å². The molecule has 0 aromatic heterocycles. The molecule has 1 unspecified atom stereocenters. The number of hydrogen-bond acceptors (Lipinski definition) is 5. The van der Waals surface area contributed by atoms with Crippen LogP contribution >= 0.6 is 11.8 Å². The molecular formula is C12H21NO5S. The van der Waals surface area contributed by atoms with E-state index in [1.807, 2.05) is 6.92 Å². The maximum absolute atomic E-state index is 11.7. The Kier molecular flexibility index (Phi) is 9.03. The number of thioether (sulfide) groups is 1. The van der Waals surface area contributed by atoms with Gasteiger partial charge in [0.15, 0.2) is 0 Å². The van der Waals surface area contributed by atoms with Gasteiger partial charge in [0.2, 0.25) is 5.91 Å². The second kappa shape index (κ2) is 9.66. The number of rotatable bonds is 9. The molecule has 0 aliphatic heterocycles. The van der Waals surface area contributed by atoms with E-state index >= 15 is 0 Å². The Hall–Kier alpha value is -1.24. The van der Waals surface area contributed by atoms with Gasteiger partial charge < -0.3 is 15.2 Å². The third-order valence-electron chi connectivity index (χ3n) is 2.24. The molecule has 0 rings (SSSR count). The highest BCUT2D eigenvalue weighted by Crippen LogP contribution is 2.19. The van der Waals surface area contributed by atoms with Gasteiger partial charge in [-0.2, -0.15) is 0 Å². The molecule has 0 spiro atoms. The van der Waals surface area contributed by atoms with Crippen molar-refractivity contribution >= 4 is 29.6 Å². The van der Waals surface area contributed by atoms with Gasteiger partial charge in [-0.15, -0.1) is 11.8 Å². The zero-order valence-corrected chi connectivity index (χ0v) is 12.3. The standard InChI is InChI=1S/C12H21NO5S/c1-4-6-10(12(17)18-5-2)19-7-9(11(15)16)13-8(3)14/h9-10H,4-7H2,1-3H3,(H,13,14)(H,15,16)/t9-,10?/m0/s1. The fraction of sp³-hybridized carbons (Fsp3) is 0.750. The Balaban J connectivity index is 4.45. The van der Waals surface area contributed by atoms with Crippen LogP contribution in [0, 0.1) is 0 Å². The molecule has 7 heteroatoms. The van der Waals surface area contributed by atoms with Crippen LogP contribution in [0.15, 0.2) is 0 Å². The highest BCUT2D eigenvalue weighted by atomic mass is 32.2. The minimum absolute atomic E-state index is 0.137.